The lowest BCUT2D eigenvalue weighted by Gasteiger charge is -2.17. The minimum atomic E-state index is -2.81. The highest BCUT2D eigenvalue weighted by atomic mass is 32.2. The molecule has 1 saturated heterocycles. The molecule has 2 unspecified atom stereocenters. The molecule has 0 bridgehead atoms. The number of nitrogens with one attached hydrogen (secondary N) is 1. The molecule has 0 aliphatic carbocycles. The molecule has 0 saturated carbocycles. The van der Waals surface area contributed by atoms with Crippen molar-refractivity contribution in [2.45, 2.75) is 32.4 Å². The molecule has 0 spiro atoms. The molecule has 1 aromatic rings. The fraction of sp³-hybridized carbons (Fsp3) is 0.727. The fourth-order valence-corrected chi connectivity index (χ4v) is 4.10. The predicted octanol–water partition coefficient (Wildman–Crippen LogP) is 0.566. The zero-order valence-electron chi connectivity index (χ0n) is 10.5. The zero-order chi connectivity index (χ0) is 12.6. The van der Waals surface area contributed by atoms with Crippen molar-refractivity contribution in [2.24, 2.45) is 7.05 Å². The second-order valence-electron chi connectivity index (χ2n) is 4.83. The van der Waals surface area contributed by atoms with Crippen LogP contribution in [0.2, 0.25) is 0 Å². The van der Waals surface area contributed by atoms with Crippen LogP contribution in [-0.2, 0) is 16.9 Å². The van der Waals surface area contributed by atoms with Crippen LogP contribution in [0.3, 0.4) is 0 Å². The highest BCUT2D eigenvalue weighted by Crippen LogP contribution is 2.19. The molecule has 1 aliphatic rings. The van der Waals surface area contributed by atoms with Crippen LogP contribution in [0.5, 0.6) is 0 Å². The van der Waals surface area contributed by atoms with Gasteiger partial charge in [0.25, 0.3) is 0 Å². The summed E-state index contributed by atoms with van der Waals surface area (Å²) in [6.07, 6.45) is 2.70. The van der Waals surface area contributed by atoms with Gasteiger partial charge in [0.2, 0.25) is 0 Å². The van der Waals surface area contributed by atoms with E-state index in [4.69, 9.17) is 0 Å². The van der Waals surface area contributed by atoms with Gasteiger partial charge in [0, 0.05) is 30.9 Å². The minimum absolute atomic E-state index is 0.0783. The molecular weight excluding hydrogens is 238 g/mol. The van der Waals surface area contributed by atoms with Gasteiger partial charge in [-0.15, -0.1) is 0 Å². The van der Waals surface area contributed by atoms with Gasteiger partial charge in [-0.25, -0.2) is 8.42 Å². The molecule has 2 heterocycles. The van der Waals surface area contributed by atoms with E-state index in [-0.39, 0.29) is 17.8 Å². The molecule has 2 rings (SSSR count). The smallest absolute Gasteiger partial charge is 0.151 e. The average molecular weight is 257 g/mol. The Balaban J connectivity index is 2.03. The summed E-state index contributed by atoms with van der Waals surface area (Å²) in [6.45, 7) is 4.02. The van der Waals surface area contributed by atoms with Crippen LogP contribution in [0.25, 0.3) is 0 Å². The maximum atomic E-state index is 11.4. The summed E-state index contributed by atoms with van der Waals surface area (Å²) in [5.74, 6) is 0.570. The van der Waals surface area contributed by atoms with E-state index in [0.717, 1.165) is 11.3 Å². The summed E-state index contributed by atoms with van der Waals surface area (Å²) in [5, 5.41) is 7.67. The number of hydrogen-bond donors (Lipinski definition) is 1. The van der Waals surface area contributed by atoms with Crippen LogP contribution in [-0.4, -0.2) is 35.7 Å². The Labute approximate surface area is 102 Å². The molecule has 1 aromatic heterocycles. The molecule has 0 aromatic carbocycles. The highest BCUT2D eigenvalue weighted by Gasteiger charge is 2.29. The van der Waals surface area contributed by atoms with Crippen LogP contribution in [0.15, 0.2) is 6.20 Å². The lowest BCUT2D eigenvalue weighted by molar-refractivity contribution is 0.483. The molecule has 1 fully saturated rings. The summed E-state index contributed by atoms with van der Waals surface area (Å²) in [5.41, 5.74) is 2.13. The van der Waals surface area contributed by atoms with Gasteiger partial charge in [0.1, 0.15) is 0 Å². The van der Waals surface area contributed by atoms with Crippen LogP contribution in [0.4, 0.5) is 0 Å². The number of hydrogen-bond acceptors (Lipinski definition) is 4. The van der Waals surface area contributed by atoms with Gasteiger partial charge in [-0.2, -0.15) is 5.10 Å². The topological polar surface area (TPSA) is 64.0 Å². The number of rotatable bonds is 3. The van der Waals surface area contributed by atoms with Crippen molar-refractivity contribution in [3.8, 4) is 0 Å². The fourth-order valence-electron chi connectivity index (χ4n) is 2.41. The molecule has 0 radical (unpaired) electrons. The van der Waals surface area contributed by atoms with E-state index in [0.29, 0.717) is 12.2 Å². The predicted molar refractivity (Wildman–Crippen MR) is 66.6 cm³/mol. The summed E-state index contributed by atoms with van der Waals surface area (Å²) >= 11 is 0. The Bertz CT molecular complexity index is 507. The number of sulfone groups is 1. The van der Waals surface area contributed by atoms with Crippen LogP contribution in [0.1, 0.15) is 30.6 Å². The maximum Gasteiger partial charge on any atom is 0.151 e. The Morgan fingerprint density at radius 3 is 2.76 bits per heavy atom. The summed E-state index contributed by atoms with van der Waals surface area (Å²) in [4.78, 5) is 0. The number of aromatic nitrogens is 2. The summed E-state index contributed by atoms with van der Waals surface area (Å²) in [7, 11) is -0.919. The Hall–Kier alpha value is -0.880. The first kappa shape index (κ1) is 12.6. The van der Waals surface area contributed by atoms with Crippen molar-refractivity contribution >= 4 is 9.84 Å². The number of nitrogens with zero attached hydrogens (tertiary/aromatic N) is 2. The van der Waals surface area contributed by atoms with Crippen molar-refractivity contribution in [3.63, 3.8) is 0 Å². The molecule has 0 amide bonds. The molecular formula is C11H19N3O2S. The summed E-state index contributed by atoms with van der Waals surface area (Å²) in [6, 6.07) is 0.219. The SMILES string of the molecule is Cc1nn(C)cc1C(C)NC1CCS(=O)(=O)C1. The molecule has 6 heteroatoms. The van der Waals surface area contributed by atoms with Crippen LogP contribution >= 0.6 is 0 Å². The van der Waals surface area contributed by atoms with Gasteiger partial charge < -0.3 is 5.32 Å². The van der Waals surface area contributed by atoms with Crippen molar-refractivity contribution in [1.29, 1.82) is 0 Å². The third-order valence-electron chi connectivity index (χ3n) is 3.24. The number of aryl methyl sites for hydroxylation is 2. The van der Waals surface area contributed by atoms with Crippen molar-refractivity contribution < 1.29 is 8.42 Å². The van der Waals surface area contributed by atoms with E-state index in [1.807, 2.05) is 20.2 Å². The molecule has 17 heavy (non-hydrogen) atoms. The first-order valence-electron chi connectivity index (χ1n) is 5.84. The van der Waals surface area contributed by atoms with Gasteiger partial charge >= 0.3 is 0 Å². The van der Waals surface area contributed by atoms with Crippen molar-refractivity contribution in [1.82, 2.24) is 15.1 Å². The van der Waals surface area contributed by atoms with Gasteiger partial charge in [-0.3, -0.25) is 4.68 Å². The standard InChI is InChI=1S/C11H19N3O2S/c1-8(11-6-14(3)13-9(11)2)12-10-4-5-17(15,16)7-10/h6,8,10,12H,4-5,7H2,1-3H3. The Kier molecular flexibility index (Phi) is 3.27. The van der Waals surface area contributed by atoms with Crippen molar-refractivity contribution in [2.75, 3.05) is 11.5 Å². The largest absolute Gasteiger partial charge is 0.306 e. The van der Waals surface area contributed by atoms with E-state index < -0.39 is 9.84 Å². The molecule has 5 nitrogen and oxygen atoms in total. The Morgan fingerprint density at radius 1 is 1.59 bits per heavy atom. The molecule has 96 valence electrons. The van der Waals surface area contributed by atoms with E-state index in [1.54, 1.807) is 4.68 Å². The lowest BCUT2D eigenvalue weighted by Crippen LogP contribution is -2.32. The first-order valence-corrected chi connectivity index (χ1v) is 7.66. The normalized spacial score (nSPS) is 25.0. The average Bonchev–Trinajstić information content (AvgIpc) is 2.69. The highest BCUT2D eigenvalue weighted by molar-refractivity contribution is 7.91. The Morgan fingerprint density at radius 2 is 2.29 bits per heavy atom. The summed E-state index contributed by atoms with van der Waals surface area (Å²) < 4.78 is 24.5. The van der Waals surface area contributed by atoms with Gasteiger partial charge in [-0.05, 0) is 20.3 Å². The van der Waals surface area contributed by atoms with Gasteiger partial charge in [0.05, 0.1) is 17.2 Å². The zero-order valence-corrected chi connectivity index (χ0v) is 11.3. The second kappa shape index (κ2) is 4.42. The van der Waals surface area contributed by atoms with E-state index in [1.165, 1.54) is 0 Å². The second-order valence-corrected chi connectivity index (χ2v) is 7.06. The third kappa shape index (κ3) is 2.87. The van der Waals surface area contributed by atoms with Gasteiger partial charge in [-0.1, -0.05) is 0 Å². The van der Waals surface area contributed by atoms with Crippen molar-refractivity contribution in [3.05, 3.63) is 17.5 Å². The third-order valence-corrected chi connectivity index (χ3v) is 5.00. The molecule has 1 N–H and O–H groups in total. The van der Waals surface area contributed by atoms with Crippen LogP contribution in [0, 0.1) is 6.92 Å². The molecule has 2 atom stereocenters. The lowest BCUT2D eigenvalue weighted by atomic mass is 10.1. The van der Waals surface area contributed by atoms with E-state index in [2.05, 4.69) is 17.3 Å². The first-order chi connectivity index (χ1) is 7.87. The van der Waals surface area contributed by atoms with E-state index in [9.17, 15) is 8.42 Å². The molecule has 1 aliphatic heterocycles. The quantitative estimate of drug-likeness (QED) is 0.859. The minimum Gasteiger partial charge on any atom is -0.306 e. The van der Waals surface area contributed by atoms with Gasteiger partial charge in [0.15, 0.2) is 9.84 Å². The monoisotopic (exact) mass is 257 g/mol. The maximum absolute atomic E-state index is 11.4. The van der Waals surface area contributed by atoms with E-state index >= 15 is 0 Å². The van der Waals surface area contributed by atoms with Crippen LogP contribution < -0.4 is 5.32 Å².